The third-order valence-corrected chi connectivity index (χ3v) is 2.68. The second kappa shape index (κ2) is 3.84. The first-order valence-corrected chi connectivity index (χ1v) is 4.65. The van der Waals surface area contributed by atoms with E-state index >= 15 is 0 Å². The smallest absolute Gasteiger partial charge is 0.417 e. The van der Waals surface area contributed by atoms with Gasteiger partial charge in [0.05, 0.1) is 5.92 Å². The zero-order valence-electron chi connectivity index (χ0n) is 7.37. The van der Waals surface area contributed by atoms with E-state index < -0.39 is 0 Å². The zero-order valence-corrected chi connectivity index (χ0v) is 8.12. The molecule has 0 saturated heterocycles. The molecule has 1 aromatic carbocycles. The van der Waals surface area contributed by atoms with Crippen LogP contribution in [0.2, 0.25) is 0 Å². The Morgan fingerprint density at radius 3 is 3.00 bits per heavy atom. The number of fused-ring (bicyclic) bond motifs is 1. The summed E-state index contributed by atoms with van der Waals surface area (Å²) in [5.74, 6) is -0.0192. The highest BCUT2D eigenvalue weighted by Gasteiger charge is 2.23. The minimum absolute atomic E-state index is 0.0192. The van der Waals surface area contributed by atoms with E-state index in [9.17, 15) is 4.79 Å². The summed E-state index contributed by atoms with van der Waals surface area (Å²) in [6.07, 6.45) is 1.90. The summed E-state index contributed by atoms with van der Waals surface area (Å²) >= 11 is 6.03. The number of ether oxygens (including phenoxy) is 1. The van der Waals surface area contributed by atoms with Crippen LogP contribution < -0.4 is 0 Å². The Kier molecular flexibility index (Phi) is 2.55. The normalized spacial score (nSPS) is 18.6. The maximum Gasteiger partial charge on any atom is 0.417 e. The molecule has 0 fully saturated rings. The molecule has 3 heteroatoms. The Labute approximate surface area is 87.1 Å². The van der Waals surface area contributed by atoms with Crippen molar-refractivity contribution in [3.8, 4) is 0 Å². The van der Waals surface area contributed by atoms with Crippen molar-refractivity contribution < 1.29 is 9.53 Å². The van der Waals surface area contributed by atoms with Crippen LogP contribution in [0.4, 0.5) is 0 Å². The second-order valence-corrected chi connectivity index (χ2v) is 3.54. The van der Waals surface area contributed by atoms with E-state index in [2.05, 4.69) is 4.74 Å². The van der Waals surface area contributed by atoms with E-state index in [1.807, 2.05) is 30.3 Å². The van der Waals surface area contributed by atoms with Crippen molar-refractivity contribution in [2.45, 2.75) is 5.92 Å². The molecule has 0 heterocycles. The standard InChI is InChI=1S/C11H8ClO2/c12-11-5-8-3-1-2-4-9(8)10(11)6-14-7-13/h1-5,10H,6H2. The minimum atomic E-state index is -0.0192. The first-order chi connectivity index (χ1) is 6.83. The molecule has 1 aliphatic carbocycles. The molecule has 14 heavy (non-hydrogen) atoms. The summed E-state index contributed by atoms with van der Waals surface area (Å²) in [7, 11) is 0. The lowest BCUT2D eigenvalue weighted by atomic mass is 10.0. The summed E-state index contributed by atoms with van der Waals surface area (Å²) in [4.78, 5) is 9.97. The van der Waals surface area contributed by atoms with Gasteiger partial charge in [-0.3, -0.25) is 0 Å². The SMILES string of the molecule is O=[C]OCC1C(Cl)=Cc2ccccc21. The topological polar surface area (TPSA) is 26.3 Å². The van der Waals surface area contributed by atoms with Crippen molar-refractivity contribution in [1.82, 2.24) is 0 Å². The van der Waals surface area contributed by atoms with Crippen molar-refractivity contribution in [3.63, 3.8) is 0 Å². The predicted octanol–water partition coefficient (Wildman–Crippen LogP) is 2.45. The fraction of sp³-hybridized carbons (Fsp3) is 0.182. The highest BCUT2D eigenvalue weighted by atomic mass is 35.5. The average Bonchev–Trinajstić information content (AvgIpc) is 2.51. The van der Waals surface area contributed by atoms with Crippen LogP contribution in [-0.4, -0.2) is 13.1 Å². The molecule has 1 unspecified atom stereocenters. The second-order valence-electron chi connectivity index (χ2n) is 3.11. The van der Waals surface area contributed by atoms with Gasteiger partial charge in [-0.2, -0.15) is 0 Å². The van der Waals surface area contributed by atoms with E-state index in [0.717, 1.165) is 11.1 Å². The lowest BCUT2D eigenvalue weighted by Gasteiger charge is -2.10. The number of carbonyl (C=O) groups excluding carboxylic acids is 1. The highest BCUT2D eigenvalue weighted by Crippen LogP contribution is 2.38. The molecule has 1 aromatic rings. The maximum absolute atomic E-state index is 9.97. The van der Waals surface area contributed by atoms with E-state index in [1.54, 1.807) is 0 Å². The zero-order chi connectivity index (χ0) is 9.97. The van der Waals surface area contributed by atoms with Crippen molar-refractivity contribution in [1.29, 1.82) is 0 Å². The van der Waals surface area contributed by atoms with Crippen LogP contribution in [-0.2, 0) is 9.53 Å². The summed E-state index contributed by atoms with van der Waals surface area (Å²) < 4.78 is 4.61. The molecule has 1 radical (unpaired) electrons. The highest BCUT2D eigenvalue weighted by molar-refractivity contribution is 6.33. The van der Waals surface area contributed by atoms with Gasteiger partial charge in [0, 0.05) is 5.03 Å². The Morgan fingerprint density at radius 1 is 1.43 bits per heavy atom. The van der Waals surface area contributed by atoms with Gasteiger partial charge >= 0.3 is 6.47 Å². The number of rotatable bonds is 3. The number of benzene rings is 1. The Morgan fingerprint density at radius 2 is 2.21 bits per heavy atom. The quantitative estimate of drug-likeness (QED) is 0.761. The van der Waals surface area contributed by atoms with Crippen LogP contribution in [0.3, 0.4) is 0 Å². The first kappa shape index (κ1) is 9.28. The van der Waals surface area contributed by atoms with Gasteiger partial charge in [-0.25, -0.2) is 4.79 Å². The third-order valence-electron chi connectivity index (χ3n) is 2.31. The molecule has 0 bridgehead atoms. The number of hydrogen-bond acceptors (Lipinski definition) is 2. The van der Waals surface area contributed by atoms with E-state index in [-0.39, 0.29) is 12.5 Å². The van der Waals surface area contributed by atoms with Crippen LogP contribution in [0.1, 0.15) is 17.0 Å². The molecular formula is C11H8ClO2. The number of halogens is 1. The van der Waals surface area contributed by atoms with Crippen LogP contribution >= 0.6 is 11.6 Å². The van der Waals surface area contributed by atoms with Crippen LogP contribution in [0.25, 0.3) is 6.08 Å². The Hall–Kier alpha value is -1.28. The molecule has 2 rings (SSSR count). The van der Waals surface area contributed by atoms with Crippen molar-refractivity contribution in [3.05, 3.63) is 40.4 Å². The van der Waals surface area contributed by atoms with Gasteiger partial charge in [-0.15, -0.1) is 0 Å². The summed E-state index contributed by atoms with van der Waals surface area (Å²) in [5.41, 5.74) is 2.20. The lowest BCUT2D eigenvalue weighted by Crippen LogP contribution is -2.05. The van der Waals surface area contributed by atoms with Crippen molar-refractivity contribution >= 4 is 24.1 Å². The molecule has 71 valence electrons. The maximum atomic E-state index is 9.97. The average molecular weight is 208 g/mol. The number of hydrogen-bond donors (Lipinski definition) is 0. The Balaban J connectivity index is 2.27. The molecule has 0 spiro atoms. The van der Waals surface area contributed by atoms with Gasteiger partial charge in [0.15, 0.2) is 0 Å². The summed E-state index contributed by atoms with van der Waals surface area (Å²) in [6.45, 7) is 1.67. The van der Waals surface area contributed by atoms with Crippen LogP contribution in [0.5, 0.6) is 0 Å². The predicted molar refractivity (Wildman–Crippen MR) is 54.7 cm³/mol. The van der Waals surface area contributed by atoms with Crippen LogP contribution in [0, 0.1) is 0 Å². The van der Waals surface area contributed by atoms with Gasteiger partial charge in [-0.05, 0) is 17.2 Å². The van der Waals surface area contributed by atoms with Crippen molar-refractivity contribution in [2.75, 3.05) is 6.61 Å². The summed E-state index contributed by atoms with van der Waals surface area (Å²) in [5, 5.41) is 0.710. The molecular weight excluding hydrogens is 200 g/mol. The van der Waals surface area contributed by atoms with Gasteiger partial charge in [0.25, 0.3) is 0 Å². The minimum Gasteiger partial charge on any atom is -0.456 e. The van der Waals surface area contributed by atoms with Crippen molar-refractivity contribution in [2.24, 2.45) is 0 Å². The molecule has 0 amide bonds. The van der Waals surface area contributed by atoms with E-state index in [0.29, 0.717) is 5.03 Å². The van der Waals surface area contributed by atoms with Gasteiger partial charge in [0.1, 0.15) is 6.61 Å². The first-order valence-electron chi connectivity index (χ1n) is 4.28. The van der Waals surface area contributed by atoms with Gasteiger partial charge in [0.2, 0.25) is 0 Å². The van der Waals surface area contributed by atoms with E-state index in [1.165, 1.54) is 6.47 Å². The largest absolute Gasteiger partial charge is 0.456 e. The monoisotopic (exact) mass is 207 g/mol. The molecule has 2 nitrogen and oxygen atoms in total. The third kappa shape index (κ3) is 1.53. The molecule has 0 N–H and O–H groups in total. The molecule has 0 aromatic heterocycles. The fourth-order valence-electron chi connectivity index (χ4n) is 1.64. The summed E-state index contributed by atoms with van der Waals surface area (Å²) in [6, 6.07) is 7.87. The fourth-order valence-corrected chi connectivity index (χ4v) is 1.94. The Bertz CT molecular complexity index is 385. The molecule has 0 saturated carbocycles. The van der Waals surface area contributed by atoms with Gasteiger partial charge < -0.3 is 4.74 Å². The van der Waals surface area contributed by atoms with E-state index in [4.69, 9.17) is 11.6 Å². The molecule has 1 aliphatic rings. The van der Waals surface area contributed by atoms with Gasteiger partial charge in [-0.1, -0.05) is 35.9 Å². The van der Waals surface area contributed by atoms with Crippen LogP contribution in [0.15, 0.2) is 29.3 Å². The lowest BCUT2D eigenvalue weighted by molar-refractivity contribution is 0.269. The molecule has 1 atom stereocenters. The molecule has 0 aliphatic heterocycles.